The van der Waals surface area contributed by atoms with Crippen molar-refractivity contribution in [3.05, 3.63) is 86.9 Å². The average Bonchev–Trinajstić information content (AvgIpc) is 3.21. The zero-order valence-electron chi connectivity index (χ0n) is 18.9. The van der Waals surface area contributed by atoms with Crippen LogP contribution in [0.4, 0.5) is 4.79 Å². The van der Waals surface area contributed by atoms with Crippen molar-refractivity contribution in [2.75, 3.05) is 13.1 Å². The molecule has 0 saturated carbocycles. The van der Waals surface area contributed by atoms with E-state index < -0.39 is 0 Å². The van der Waals surface area contributed by atoms with Crippen LogP contribution in [0.15, 0.2) is 75.8 Å². The molecule has 0 saturated heterocycles. The molecule has 4 rings (SSSR count). The van der Waals surface area contributed by atoms with Crippen LogP contribution in [-0.4, -0.2) is 28.6 Å². The third kappa shape index (κ3) is 5.03. The summed E-state index contributed by atoms with van der Waals surface area (Å²) >= 11 is 7.12. The molecule has 0 atom stereocenters. The van der Waals surface area contributed by atoms with Crippen LogP contribution < -0.4 is 4.74 Å². The molecule has 0 fully saturated rings. The van der Waals surface area contributed by atoms with E-state index in [1.54, 1.807) is 17.0 Å². The molecule has 0 aliphatic heterocycles. The van der Waals surface area contributed by atoms with Gasteiger partial charge < -0.3 is 14.2 Å². The average molecular weight is 581 g/mol. The lowest BCUT2D eigenvalue weighted by Gasteiger charge is -2.20. The summed E-state index contributed by atoms with van der Waals surface area (Å²) < 4.78 is 10.1. The van der Waals surface area contributed by atoms with Gasteiger partial charge in [-0.3, -0.25) is 0 Å². The maximum absolute atomic E-state index is 12.8. The third-order valence-corrected chi connectivity index (χ3v) is 6.63. The summed E-state index contributed by atoms with van der Waals surface area (Å²) in [6, 6.07) is 21.6. The van der Waals surface area contributed by atoms with Crippen LogP contribution >= 0.6 is 31.9 Å². The van der Waals surface area contributed by atoms with Gasteiger partial charge in [0.15, 0.2) is 0 Å². The van der Waals surface area contributed by atoms with Crippen molar-refractivity contribution in [2.45, 2.75) is 20.4 Å². The first-order chi connectivity index (χ1) is 16.4. The third-order valence-electron chi connectivity index (χ3n) is 5.71. The predicted octanol–water partition coefficient (Wildman–Crippen LogP) is 7.59. The second kappa shape index (κ2) is 10.5. The van der Waals surface area contributed by atoms with Crippen molar-refractivity contribution in [1.82, 2.24) is 9.47 Å². The van der Waals surface area contributed by atoms with Crippen molar-refractivity contribution >= 4 is 48.9 Å². The van der Waals surface area contributed by atoms with E-state index in [0.29, 0.717) is 30.9 Å². The van der Waals surface area contributed by atoms with Gasteiger partial charge in [-0.2, -0.15) is 5.26 Å². The molecule has 0 N–H and O–H groups in total. The summed E-state index contributed by atoms with van der Waals surface area (Å²) in [5, 5.41) is 10.2. The fourth-order valence-electron chi connectivity index (χ4n) is 4.02. The lowest BCUT2D eigenvalue weighted by Crippen LogP contribution is -2.33. The lowest BCUT2D eigenvalue weighted by molar-refractivity contribution is 0.157. The van der Waals surface area contributed by atoms with Crippen LogP contribution in [-0.2, 0) is 6.54 Å². The normalized spacial score (nSPS) is 10.8. The van der Waals surface area contributed by atoms with E-state index in [1.165, 1.54) is 0 Å². The molecular formula is C27H23Br2N3O2. The Hall–Kier alpha value is -3.08. The summed E-state index contributed by atoms with van der Waals surface area (Å²) in [6.45, 7) is 5.68. The quantitative estimate of drug-likeness (QED) is 0.236. The van der Waals surface area contributed by atoms with Gasteiger partial charge >= 0.3 is 6.09 Å². The Bertz CT molecular complexity index is 1360. The molecule has 5 nitrogen and oxygen atoms in total. The van der Waals surface area contributed by atoms with Crippen LogP contribution in [0.2, 0.25) is 0 Å². The zero-order chi connectivity index (χ0) is 24.2. The smallest absolute Gasteiger partial charge is 0.410 e. The predicted molar refractivity (Wildman–Crippen MR) is 142 cm³/mol. The van der Waals surface area contributed by atoms with Crippen molar-refractivity contribution in [1.29, 1.82) is 5.26 Å². The number of nitrogens with zero attached hydrogens (tertiary/aromatic N) is 3. The minimum absolute atomic E-state index is 0.377. The van der Waals surface area contributed by atoms with E-state index >= 15 is 0 Å². The van der Waals surface area contributed by atoms with E-state index in [2.05, 4.69) is 54.6 Å². The number of benzene rings is 3. The second-order valence-electron chi connectivity index (χ2n) is 7.82. The maximum Gasteiger partial charge on any atom is 0.415 e. The fourth-order valence-corrected chi connectivity index (χ4v) is 5.41. The van der Waals surface area contributed by atoms with Crippen molar-refractivity contribution in [3.8, 4) is 22.9 Å². The first kappa shape index (κ1) is 24.1. The van der Waals surface area contributed by atoms with Gasteiger partial charge in [-0.1, -0.05) is 44.0 Å². The van der Waals surface area contributed by atoms with Gasteiger partial charge in [-0.05, 0) is 73.5 Å². The largest absolute Gasteiger partial charge is 0.415 e. The van der Waals surface area contributed by atoms with Crippen molar-refractivity contribution in [3.63, 3.8) is 0 Å². The van der Waals surface area contributed by atoms with E-state index in [1.807, 2.05) is 56.4 Å². The molecule has 0 radical (unpaired) electrons. The topological polar surface area (TPSA) is 58.3 Å². The van der Waals surface area contributed by atoms with Crippen LogP contribution in [0, 0.1) is 11.3 Å². The van der Waals surface area contributed by atoms with Gasteiger partial charge in [-0.15, -0.1) is 0 Å². The van der Waals surface area contributed by atoms with Gasteiger partial charge in [0, 0.05) is 51.2 Å². The van der Waals surface area contributed by atoms with Crippen molar-refractivity contribution in [2.24, 2.45) is 0 Å². The molecule has 0 bridgehead atoms. The lowest BCUT2D eigenvalue weighted by atomic mass is 9.99. The molecular weight excluding hydrogens is 558 g/mol. The summed E-state index contributed by atoms with van der Waals surface area (Å²) in [5.41, 5.74) is 4.47. The molecule has 0 aliphatic carbocycles. The molecule has 0 spiro atoms. The minimum atomic E-state index is -0.377. The Morgan fingerprint density at radius 3 is 2.29 bits per heavy atom. The van der Waals surface area contributed by atoms with Crippen LogP contribution in [0.1, 0.15) is 25.0 Å². The molecule has 0 unspecified atom stereocenters. The number of fused-ring (bicyclic) bond motifs is 1. The number of amides is 1. The highest BCUT2D eigenvalue weighted by Gasteiger charge is 2.19. The van der Waals surface area contributed by atoms with Gasteiger partial charge in [0.25, 0.3) is 0 Å². The Balaban J connectivity index is 1.82. The SMILES string of the molecule is CCN(CC)C(=O)Oc1ccc2c(ccn2Cc2cc(Br)cc(Br)c2)c1-c1ccc(C#N)cc1. The van der Waals surface area contributed by atoms with Crippen molar-refractivity contribution < 1.29 is 9.53 Å². The number of aromatic nitrogens is 1. The highest BCUT2D eigenvalue weighted by Crippen LogP contribution is 2.38. The fraction of sp³-hybridized carbons (Fsp3) is 0.185. The van der Waals surface area contributed by atoms with E-state index in [0.717, 1.165) is 36.5 Å². The molecule has 4 aromatic rings. The first-order valence-electron chi connectivity index (χ1n) is 11.0. The number of nitriles is 1. The summed E-state index contributed by atoms with van der Waals surface area (Å²) in [5.74, 6) is 0.497. The number of ether oxygens (including phenoxy) is 1. The van der Waals surface area contributed by atoms with Crippen LogP contribution in [0.3, 0.4) is 0 Å². The molecule has 1 heterocycles. The number of rotatable bonds is 6. The van der Waals surface area contributed by atoms with Crippen LogP contribution in [0.5, 0.6) is 5.75 Å². The Labute approximate surface area is 215 Å². The van der Waals surface area contributed by atoms with Crippen LogP contribution in [0.25, 0.3) is 22.0 Å². The molecule has 7 heteroatoms. The second-order valence-corrected chi connectivity index (χ2v) is 9.65. The number of carbonyl (C=O) groups excluding carboxylic acids is 1. The Morgan fingerprint density at radius 1 is 1.00 bits per heavy atom. The van der Waals surface area contributed by atoms with E-state index in [9.17, 15) is 10.1 Å². The molecule has 34 heavy (non-hydrogen) atoms. The molecule has 1 amide bonds. The molecule has 1 aromatic heterocycles. The summed E-state index contributed by atoms with van der Waals surface area (Å²) in [6.07, 6.45) is 1.67. The van der Waals surface area contributed by atoms with Gasteiger partial charge in [-0.25, -0.2) is 4.79 Å². The molecule has 172 valence electrons. The number of hydrogen-bond donors (Lipinski definition) is 0. The summed E-state index contributed by atoms with van der Waals surface area (Å²) in [4.78, 5) is 14.4. The maximum atomic E-state index is 12.8. The molecule has 0 aliphatic rings. The number of carbonyl (C=O) groups is 1. The zero-order valence-corrected chi connectivity index (χ0v) is 22.1. The monoisotopic (exact) mass is 579 g/mol. The highest BCUT2D eigenvalue weighted by atomic mass is 79.9. The van der Waals surface area contributed by atoms with Gasteiger partial charge in [0.1, 0.15) is 5.75 Å². The first-order valence-corrected chi connectivity index (χ1v) is 12.6. The Kier molecular flexibility index (Phi) is 7.40. The molecule has 3 aromatic carbocycles. The summed E-state index contributed by atoms with van der Waals surface area (Å²) in [7, 11) is 0. The Morgan fingerprint density at radius 2 is 1.68 bits per heavy atom. The van der Waals surface area contributed by atoms with Gasteiger partial charge in [0.2, 0.25) is 0 Å². The van der Waals surface area contributed by atoms with Gasteiger partial charge in [0.05, 0.1) is 11.6 Å². The number of halogens is 2. The highest BCUT2D eigenvalue weighted by molar-refractivity contribution is 9.11. The minimum Gasteiger partial charge on any atom is -0.410 e. The van der Waals surface area contributed by atoms with E-state index in [4.69, 9.17) is 4.74 Å². The number of hydrogen-bond acceptors (Lipinski definition) is 3. The van der Waals surface area contributed by atoms with E-state index in [-0.39, 0.29) is 6.09 Å². The standard InChI is InChI=1S/C27H23Br2N3O2/c1-3-31(4-2)27(33)34-25-10-9-24-23(26(25)20-7-5-18(16-30)6-8-20)11-12-32(24)17-19-13-21(28)15-22(29)14-19/h5-15H,3-4,17H2,1-2H3.